The Hall–Kier alpha value is -1.95. The quantitative estimate of drug-likeness (QED) is 0.741. The van der Waals surface area contributed by atoms with Crippen molar-refractivity contribution >= 4 is 46.1 Å². The number of pyridine rings is 1. The molecule has 0 saturated heterocycles. The second-order valence-electron chi connectivity index (χ2n) is 4.36. The Morgan fingerprint density at radius 2 is 1.86 bits per heavy atom. The molecule has 0 atom stereocenters. The Kier molecular flexibility index (Phi) is 4.38. The number of carbonyl (C=O) groups excluding carboxylic acids is 1. The van der Waals surface area contributed by atoms with Gasteiger partial charge in [-0.2, -0.15) is 0 Å². The van der Waals surface area contributed by atoms with Crippen LogP contribution in [-0.4, -0.2) is 15.9 Å². The van der Waals surface area contributed by atoms with Gasteiger partial charge in [0.1, 0.15) is 10.7 Å². The van der Waals surface area contributed by atoms with Gasteiger partial charge < -0.3 is 5.32 Å². The molecule has 2 heterocycles. The Balaban J connectivity index is 1.78. The highest BCUT2D eigenvalue weighted by Gasteiger charge is 2.12. The average Bonchev–Trinajstić information content (AvgIpc) is 3.02. The molecule has 0 spiro atoms. The Labute approximate surface area is 140 Å². The van der Waals surface area contributed by atoms with E-state index in [2.05, 4.69) is 15.3 Å². The minimum atomic E-state index is -0.296. The lowest BCUT2D eigenvalue weighted by molar-refractivity contribution is 0.102. The number of benzene rings is 1. The molecule has 7 heteroatoms. The molecular formula is C15H9Cl2N3OS. The molecule has 0 aliphatic rings. The molecule has 110 valence electrons. The number of halogens is 2. The molecule has 4 nitrogen and oxygen atoms in total. The van der Waals surface area contributed by atoms with E-state index in [-0.39, 0.29) is 5.91 Å². The highest BCUT2D eigenvalue weighted by molar-refractivity contribution is 7.13. The third-order valence-electron chi connectivity index (χ3n) is 2.84. The first-order valence-corrected chi connectivity index (χ1v) is 7.89. The summed E-state index contributed by atoms with van der Waals surface area (Å²) in [7, 11) is 0. The molecule has 22 heavy (non-hydrogen) atoms. The van der Waals surface area contributed by atoms with Crippen molar-refractivity contribution in [2.75, 3.05) is 5.32 Å². The van der Waals surface area contributed by atoms with Crippen molar-refractivity contribution in [3.8, 4) is 10.6 Å². The third-order valence-corrected chi connectivity index (χ3v) is 4.47. The van der Waals surface area contributed by atoms with E-state index in [1.807, 2.05) is 12.1 Å². The van der Waals surface area contributed by atoms with Crippen LogP contribution in [0.1, 0.15) is 10.5 Å². The van der Waals surface area contributed by atoms with Gasteiger partial charge in [-0.1, -0.05) is 23.2 Å². The van der Waals surface area contributed by atoms with E-state index in [4.69, 9.17) is 23.2 Å². The highest BCUT2D eigenvalue weighted by Crippen LogP contribution is 2.26. The monoisotopic (exact) mass is 349 g/mol. The standard InChI is InChI=1S/C15H9Cl2N3OS/c16-11-2-1-10(7-12(11)17)19-14(21)13-8-22-15(20-13)9-3-5-18-6-4-9/h1-8H,(H,19,21). The number of hydrogen-bond acceptors (Lipinski definition) is 4. The lowest BCUT2D eigenvalue weighted by Gasteiger charge is -2.04. The summed E-state index contributed by atoms with van der Waals surface area (Å²) in [4.78, 5) is 20.5. The van der Waals surface area contributed by atoms with Crippen molar-refractivity contribution in [3.05, 3.63) is 63.8 Å². The maximum atomic E-state index is 12.2. The Bertz CT molecular complexity index is 821. The smallest absolute Gasteiger partial charge is 0.275 e. The van der Waals surface area contributed by atoms with Gasteiger partial charge in [-0.3, -0.25) is 9.78 Å². The van der Waals surface area contributed by atoms with Crippen molar-refractivity contribution in [2.24, 2.45) is 0 Å². The van der Waals surface area contributed by atoms with E-state index in [0.29, 0.717) is 21.4 Å². The number of amides is 1. The molecule has 0 saturated carbocycles. The van der Waals surface area contributed by atoms with Gasteiger partial charge in [-0.15, -0.1) is 11.3 Å². The molecule has 0 radical (unpaired) electrons. The van der Waals surface area contributed by atoms with E-state index < -0.39 is 0 Å². The molecule has 1 amide bonds. The first-order chi connectivity index (χ1) is 10.6. The molecule has 0 aliphatic heterocycles. The van der Waals surface area contributed by atoms with Gasteiger partial charge in [0.2, 0.25) is 0 Å². The molecule has 2 aromatic heterocycles. The van der Waals surface area contributed by atoms with E-state index in [1.54, 1.807) is 36.0 Å². The number of anilines is 1. The molecular weight excluding hydrogens is 341 g/mol. The summed E-state index contributed by atoms with van der Waals surface area (Å²) in [6.45, 7) is 0. The summed E-state index contributed by atoms with van der Waals surface area (Å²) >= 11 is 13.2. The maximum Gasteiger partial charge on any atom is 0.275 e. The van der Waals surface area contributed by atoms with E-state index in [1.165, 1.54) is 11.3 Å². The van der Waals surface area contributed by atoms with Crippen LogP contribution in [0.3, 0.4) is 0 Å². The van der Waals surface area contributed by atoms with Crippen LogP contribution in [-0.2, 0) is 0 Å². The summed E-state index contributed by atoms with van der Waals surface area (Å²) in [6, 6.07) is 8.60. The zero-order valence-electron chi connectivity index (χ0n) is 11.1. The van der Waals surface area contributed by atoms with Gasteiger partial charge in [-0.25, -0.2) is 4.98 Å². The highest BCUT2D eigenvalue weighted by atomic mass is 35.5. The lowest BCUT2D eigenvalue weighted by Crippen LogP contribution is -2.12. The molecule has 3 aromatic rings. The molecule has 3 rings (SSSR count). The van der Waals surface area contributed by atoms with Crippen LogP contribution in [0, 0.1) is 0 Å². The van der Waals surface area contributed by atoms with Gasteiger partial charge in [-0.05, 0) is 30.3 Å². The van der Waals surface area contributed by atoms with Crippen LogP contribution < -0.4 is 5.32 Å². The van der Waals surface area contributed by atoms with Crippen LogP contribution in [0.25, 0.3) is 10.6 Å². The summed E-state index contributed by atoms with van der Waals surface area (Å²) in [5, 5.41) is 6.04. The predicted octanol–water partition coefficient (Wildman–Crippen LogP) is 4.76. The molecule has 1 aromatic carbocycles. The van der Waals surface area contributed by atoms with Gasteiger partial charge in [0.15, 0.2) is 0 Å². The fourth-order valence-corrected chi connectivity index (χ4v) is 2.88. The van der Waals surface area contributed by atoms with Crippen LogP contribution in [0.2, 0.25) is 10.0 Å². The van der Waals surface area contributed by atoms with Crippen LogP contribution >= 0.6 is 34.5 Å². The fourth-order valence-electron chi connectivity index (χ4n) is 1.77. The maximum absolute atomic E-state index is 12.2. The number of hydrogen-bond donors (Lipinski definition) is 1. The van der Waals surface area contributed by atoms with Crippen LogP contribution in [0.15, 0.2) is 48.1 Å². The lowest BCUT2D eigenvalue weighted by atomic mass is 10.3. The van der Waals surface area contributed by atoms with Gasteiger partial charge in [0.05, 0.1) is 10.0 Å². The predicted molar refractivity (Wildman–Crippen MR) is 89.8 cm³/mol. The van der Waals surface area contributed by atoms with Crippen molar-refractivity contribution < 1.29 is 4.79 Å². The molecule has 0 bridgehead atoms. The summed E-state index contributed by atoms with van der Waals surface area (Å²) in [5.74, 6) is -0.296. The summed E-state index contributed by atoms with van der Waals surface area (Å²) in [6.07, 6.45) is 3.37. The minimum absolute atomic E-state index is 0.296. The van der Waals surface area contributed by atoms with Gasteiger partial charge in [0.25, 0.3) is 5.91 Å². The van der Waals surface area contributed by atoms with Crippen LogP contribution in [0.5, 0.6) is 0 Å². The first-order valence-electron chi connectivity index (χ1n) is 6.26. The Morgan fingerprint density at radius 3 is 2.59 bits per heavy atom. The number of aromatic nitrogens is 2. The molecule has 0 unspecified atom stereocenters. The van der Waals surface area contributed by atoms with Crippen molar-refractivity contribution in [2.45, 2.75) is 0 Å². The second kappa shape index (κ2) is 6.44. The largest absolute Gasteiger partial charge is 0.321 e. The minimum Gasteiger partial charge on any atom is -0.321 e. The number of carbonyl (C=O) groups is 1. The Morgan fingerprint density at radius 1 is 1.09 bits per heavy atom. The number of thiazole rings is 1. The normalized spacial score (nSPS) is 10.5. The second-order valence-corrected chi connectivity index (χ2v) is 6.03. The number of rotatable bonds is 3. The topological polar surface area (TPSA) is 54.9 Å². The van der Waals surface area contributed by atoms with Gasteiger partial charge in [0, 0.05) is 29.0 Å². The zero-order chi connectivity index (χ0) is 15.5. The molecule has 0 aliphatic carbocycles. The zero-order valence-corrected chi connectivity index (χ0v) is 13.4. The van der Waals surface area contributed by atoms with E-state index >= 15 is 0 Å². The summed E-state index contributed by atoms with van der Waals surface area (Å²) in [5.41, 5.74) is 1.84. The third kappa shape index (κ3) is 3.27. The van der Waals surface area contributed by atoms with Crippen molar-refractivity contribution in [1.29, 1.82) is 0 Å². The average molecular weight is 350 g/mol. The van der Waals surface area contributed by atoms with Gasteiger partial charge >= 0.3 is 0 Å². The molecule has 0 fully saturated rings. The van der Waals surface area contributed by atoms with Crippen molar-refractivity contribution in [3.63, 3.8) is 0 Å². The fraction of sp³-hybridized carbons (Fsp3) is 0. The first kappa shape index (κ1) is 15.0. The van der Waals surface area contributed by atoms with E-state index in [9.17, 15) is 4.79 Å². The number of nitrogens with one attached hydrogen (secondary N) is 1. The SMILES string of the molecule is O=C(Nc1ccc(Cl)c(Cl)c1)c1csc(-c2ccncc2)n1. The van der Waals surface area contributed by atoms with Crippen LogP contribution in [0.4, 0.5) is 5.69 Å². The molecule has 1 N–H and O–H groups in total. The van der Waals surface area contributed by atoms with Crippen molar-refractivity contribution in [1.82, 2.24) is 9.97 Å². The number of nitrogens with zero attached hydrogens (tertiary/aromatic N) is 2. The van der Waals surface area contributed by atoms with E-state index in [0.717, 1.165) is 10.6 Å². The summed E-state index contributed by atoms with van der Waals surface area (Å²) < 4.78 is 0.